The first-order valence-corrected chi connectivity index (χ1v) is 7.78. The first kappa shape index (κ1) is 11.5. The van der Waals surface area contributed by atoms with E-state index in [1.807, 2.05) is 11.8 Å². The molecular weight excluding hydrogens is 232 g/mol. The van der Waals surface area contributed by atoms with Gasteiger partial charge in [0.25, 0.3) is 0 Å². The molecule has 2 aliphatic rings. The van der Waals surface area contributed by atoms with Crippen LogP contribution in [0.25, 0.3) is 0 Å². The predicted octanol–water partition coefficient (Wildman–Crippen LogP) is 1.11. The average Bonchev–Trinajstić information content (AvgIpc) is 2.61. The summed E-state index contributed by atoms with van der Waals surface area (Å²) in [7, 11) is 0. The summed E-state index contributed by atoms with van der Waals surface area (Å²) in [6.07, 6.45) is 4.79. The Morgan fingerprint density at radius 1 is 1.24 bits per heavy atom. The van der Waals surface area contributed by atoms with Crippen molar-refractivity contribution in [2.75, 3.05) is 24.6 Å². The molecule has 0 aromatic carbocycles. The van der Waals surface area contributed by atoms with Crippen molar-refractivity contribution < 1.29 is 0 Å². The van der Waals surface area contributed by atoms with Crippen LogP contribution in [-0.4, -0.2) is 39.4 Å². The van der Waals surface area contributed by atoms with Crippen molar-refractivity contribution in [3.63, 3.8) is 0 Å². The highest BCUT2D eigenvalue weighted by Gasteiger charge is 2.19. The average molecular weight is 252 g/mol. The zero-order chi connectivity index (χ0) is 11.5. The normalized spacial score (nSPS) is 22.1. The molecule has 17 heavy (non-hydrogen) atoms. The lowest BCUT2D eigenvalue weighted by molar-refractivity contribution is 0.363. The minimum atomic E-state index is 0.806. The second-order valence-corrected chi connectivity index (χ2v) is 6.17. The molecule has 4 nitrogen and oxygen atoms in total. The Morgan fingerprint density at radius 3 is 3.00 bits per heavy atom. The highest BCUT2D eigenvalue weighted by molar-refractivity contribution is 7.99. The third-order valence-corrected chi connectivity index (χ3v) is 4.73. The van der Waals surface area contributed by atoms with E-state index in [1.54, 1.807) is 0 Å². The molecule has 0 saturated carbocycles. The zero-order valence-corrected chi connectivity index (χ0v) is 11.0. The summed E-state index contributed by atoms with van der Waals surface area (Å²) in [5.41, 5.74) is 0. The van der Waals surface area contributed by atoms with Crippen molar-refractivity contribution in [3.05, 3.63) is 11.6 Å². The number of aromatic nitrogens is 3. The van der Waals surface area contributed by atoms with Crippen LogP contribution in [0, 0.1) is 5.92 Å². The second kappa shape index (κ2) is 5.40. The molecule has 3 rings (SSSR count). The highest BCUT2D eigenvalue weighted by atomic mass is 32.2. The lowest BCUT2D eigenvalue weighted by atomic mass is 9.94. The van der Waals surface area contributed by atoms with Gasteiger partial charge in [0.2, 0.25) is 0 Å². The van der Waals surface area contributed by atoms with Crippen molar-refractivity contribution in [1.82, 2.24) is 20.1 Å². The molecule has 1 aromatic rings. The molecule has 3 heterocycles. The van der Waals surface area contributed by atoms with Gasteiger partial charge in [0.05, 0.1) is 0 Å². The van der Waals surface area contributed by atoms with Gasteiger partial charge in [0, 0.05) is 30.9 Å². The van der Waals surface area contributed by atoms with Crippen LogP contribution in [-0.2, 0) is 19.4 Å². The van der Waals surface area contributed by atoms with Crippen LogP contribution in [0.3, 0.4) is 0 Å². The molecule has 0 unspecified atom stereocenters. The summed E-state index contributed by atoms with van der Waals surface area (Å²) in [4.78, 5) is 0. The second-order valence-electron chi connectivity index (χ2n) is 4.94. The lowest BCUT2D eigenvalue weighted by Crippen LogP contribution is -2.29. The Bertz CT molecular complexity index is 371. The topological polar surface area (TPSA) is 42.7 Å². The number of thioether (sulfide) groups is 1. The van der Waals surface area contributed by atoms with Gasteiger partial charge in [-0.05, 0) is 31.8 Å². The first-order chi connectivity index (χ1) is 8.43. The Morgan fingerprint density at radius 2 is 2.12 bits per heavy atom. The third kappa shape index (κ3) is 2.65. The van der Waals surface area contributed by atoms with Crippen molar-refractivity contribution in [2.24, 2.45) is 5.92 Å². The van der Waals surface area contributed by atoms with E-state index in [0.29, 0.717) is 0 Å². The Labute approximate surface area is 107 Å². The number of rotatable bonds is 2. The largest absolute Gasteiger partial charge is 0.317 e. The van der Waals surface area contributed by atoms with Crippen molar-refractivity contribution >= 4 is 11.8 Å². The van der Waals surface area contributed by atoms with Gasteiger partial charge < -0.3 is 9.88 Å². The molecular formula is C12H20N4S. The summed E-state index contributed by atoms with van der Waals surface area (Å²) in [5.74, 6) is 5.66. The first-order valence-electron chi connectivity index (χ1n) is 6.63. The zero-order valence-electron chi connectivity index (χ0n) is 10.2. The van der Waals surface area contributed by atoms with Crippen molar-refractivity contribution in [1.29, 1.82) is 0 Å². The maximum atomic E-state index is 4.42. The molecule has 1 N–H and O–H groups in total. The fraction of sp³-hybridized carbons (Fsp3) is 0.833. The molecule has 0 spiro atoms. The van der Waals surface area contributed by atoms with Gasteiger partial charge in [-0.3, -0.25) is 0 Å². The van der Waals surface area contributed by atoms with E-state index >= 15 is 0 Å². The summed E-state index contributed by atoms with van der Waals surface area (Å²) in [6, 6.07) is 0. The minimum absolute atomic E-state index is 0.806. The maximum Gasteiger partial charge on any atom is 0.133 e. The molecule has 2 aliphatic heterocycles. The Balaban J connectivity index is 1.71. The predicted molar refractivity (Wildman–Crippen MR) is 70.3 cm³/mol. The van der Waals surface area contributed by atoms with Gasteiger partial charge in [0.15, 0.2) is 0 Å². The summed E-state index contributed by atoms with van der Waals surface area (Å²) in [6.45, 7) is 3.44. The third-order valence-electron chi connectivity index (χ3n) is 3.76. The Kier molecular flexibility index (Phi) is 3.66. The van der Waals surface area contributed by atoms with Crippen LogP contribution in [0.2, 0.25) is 0 Å². The molecule has 0 radical (unpaired) electrons. The molecule has 1 saturated heterocycles. The molecule has 0 aliphatic carbocycles. The number of piperidine rings is 1. The monoisotopic (exact) mass is 252 g/mol. The number of hydrogen-bond donors (Lipinski definition) is 1. The molecule has 1 fully saturated rings. The van der Waals surface area contributed by atoms with Crippen LogP contribution >= 0.6 is 11.8 Å². The van der Waals surface area contributed by atoms with Crippen LogP contribution in [0.1, 0.15) is 24.5 Å². The summed E-state index contributed by atoms with van der Waals surface area (Å²) < 4.78 is 2.38. The number of nitrogens with zero attached hydrogens (tertiary/aromatic N) is 3. The van der Waals surface area contributed by atoms with Gasteiger partial charge in [-0.1, -0.05) is 0 Å². The number of fused-ring (bicyclic) bond motifs is 1. The smallest absolute Gasteiger partial charge is 0.133 e. The summed E-state index contributed by atoms with van der Waals surface area (Å²) in [5, 5.41) is 12.2. The molecule has 0 bridgehead atoms. The van der Waals surface area contributed by atoms with E-state index in [1.165, 1.54) is 49.1 Å². The number of nitrogens with one attached hydrogen (secondary N) is 1. The fourth-order valence-electron chi connectivity index (χ4n) is 2.73. The van der Waals surface area contributed by atoms with Gasteiger partial charge in [-0.15, -0.1) is 10.2 Å². The number of hydrogen-bond acceptors (Lipinski definition) is 4. The van der Waals surface area contributed by atoms with Gasteiger partial charge in [0.1, 0.15) is 11.6 Å². The molecule has 1 aromatic heterocycles. The van der Waals surface area contributed by atoms with Crippen molar-refractivity contribution in [3.8, 4) is 0 Å². The van der Waals surface area contributed by atoms with E-state index in [-0.39, 0.29) is 0 Å². The molecule has 5 heteroatoms. The van der Waals surface area contributed by atoms with Crippen molar-refractivity contribution in [2.45, 2.75) is 32.2 Å². The van der Waals surface area contributed by atoms with Crippen LogP contribution in [0.15, 0.2) is 0 Å². The van der Waals surface area contributed by atoms with E-state index in [4.69, 9.17) is 0 Å². The van der Waals surface area contributed by atoms with Gasteiger partial charge >= 0.3 is 0 Å². The van der Waals surface area contributed by atoms with Gasteiger partial charge in [-0.2, -0.15) is 11.8 Å². The van der Waals surface area contributed by atoms with Crippen LogP contribution in [0.5, 0.6) is 0 Å². The maximum absolute atomic E-state index is 4.42. The quantitative estimate of drug-likeness (QED) is 0.856. The fourth-order valence-corrected chi connectivity index (χ4v) is 3.57. The van der Waals surface area contributed by atoms with Crippen LogP contribution < -0.4 is 5.32 Å². The van der Waals surface area contributed by atoms with E-state index < -0.39 is 0 Å². The minimum Gasteiger partial charge on any atom is -0.317 e. The molecule has 94 valence electrons. The van der Waals surface area contributed by atoms with E-state index in [9.17, 15) is 0 Å². The molecule has 0 amide bonds. The van der Waals surface area contributed by atoms with Gasteiger partial charge in [-0.25, -0.2) is 0 Å². The van der Waals surface area contributed by atoms with E-state index in [0.717, 1.165) is 25.3 Å². The number of aryl methyl sites for hydroxylation is 1. The lowest BCUT2D eigenvalue weighted by Gasteiger charge is -2.22. The summed E-state index contributed by atoms with van der Waals surface area (Å²) >= 11 is 2.03. The Hall–Kier alpha value is -0.550. The SMILES string of the molecule is C1CC(Cc2nnc3n2CCSCC3)CCN1. The molecule has 0 atom stereocenters. The standard InChI is InChI=1S/C12H20N4S/c1-4-13-5-2-10(1)9-12-15-14-11-3-7-17-8-6-16(11)12/h10,13H,1-9H2. The van der Waals surface area contributed by atoms with E-state index in [2.05, 4.69) is 20.1 Å². The van der Waals surface area contributed by atoms with Crippen LogP contribution in [0.4, 0.5) is 0 Å². The highest BCUT2D eigenvalue weighted by Crippen LogP contribution is 2.20.